The monoisotopic (exact) mass is 383 g/mol. The lowest BCUT2D eigenvalue weighted by molar-refractivity contribution is 0.0494. The summed E-state index contributed by atoms with van der Waals surface area (Å²) in [6, 6.07) is 14.5. The maximum Gasteiger partial charge on any atom is 0.376 e. The molecule has 3 rings (SSSR count). The Morgan fingerprint density at radius 1 is 1.11 bits per heavy atom. The lowest BCUT2D eigenvalue weighted by atomic mass is 10.2. The number of thioether (sulfide) groups is 1. The fourth-order valence-electron chi connectivity index (χ4n) is 2.65. The molecule has 27 heavy (non-hydrogen) atoms. The van der Waals surface area contributed by atoms with Crippen molar-refractivity contribution in [2.75, 3.05) is 11.9 Å². The van der Waals surface area contributed by atoms with Gasteiger partial charge in [-0.1, -0.05) is 26.0 Å². The van der Waals surface area contributed by atoms with Gasteiger partial charge in [0.05, 0.1) is 6.61 Å². The number of anilines is 1. The summed E-state index contributed by atoms with van der Waals surface area (Å²) in [5.74, 6) is -0.917. The molecule has 1 amide bonds. The average Bonchev–Trinajstić information content (AvgIpc) is 3.01. The summed E-state index contributed by atoms with van der Waals surface area (Å²) in [4.78, 5) is 26.0. The smallest absolute Gasteiger partial charge is 0.376 e. The fourth-order valence-corrected chi connectivity index (χ4v) is 3.49. The normalized spacial score (nSPS) is 11.0. The van der Waals surface area contributed by atoms with E-state index in [0.717, 1.165) is 4.90 Å². The predicted molar refractivity (Wildman–Crippen MR) is 108 cm³/mol. The van der Waals surface area contributed by atoms with Crippen molar-refractivity contribution in [2.45, 2.75) is 30.9 Å². The molecular formula is C21H21NO4S. The first-order chi connectivity index (χ1) is 13.0. The number of furan rings is 1. The Labute approximate surface area is 162 Å². The fraction of sp³-hybridized carbons (Fsp3) is 0.238. The number of carbonyl (C=O) groups is 2. The molecule has 0 saturated heterocycles. The molecule has 0 fully saturated rings. The van der Waals surface area contributed by atoms with Crippen LogP contribution in [0.5, 0.6) is 0 Å². The number of hydrogen-bond donors (Lipinski definition) is 1. The first-order valence-corrected chi connectivity index (χ1v) is 9.64. The minimum Gasteiger partial charge on any atom is -0.460 e. The van der Waals surface area contributed by atoms with Gasteiger partial charge in [-0.15, -0.1) is 11.8 Å². The van der Waals surface area contributed by atoms with E-state index in [1.165, 1.54) is 0 Å². The molecule has 1 aromatic heterocycles. The number of fused-ring (bicyclic) bond motifs is 1. The molecule has 5 nitrogen and oxygen atoms in total. The van der Waals surface area contributed by atoms with Crippen LogP contribution in [0.15, 0.2) is 57.8 Å². The third-order valence-corrected chi connectivity index (χ3v) is 4.80. The number of rotatable bonds is 6. The molecule has 0 aliphatic heterocycles. The van der Waals surface area contributed by atoms with Crippen molar-refractivity contribution in [3.63, 3.8) is 0 Å². The van der Waals surface area contributed by atoms with Crippen molar-refractivity contribution < 1.29 is 18.7 Å². The minimum atomic E-state index is -0.604. The van der Waals surface area contributed by atoms with E-state index < -0.39 is 5.97 Å². The van der Waals surface area contributed by atoms with E-state index in [-0.39, 0.29) is 18.3 Å². The SMILES string of the molecule is CCOC(=O)c1oc2ccccc2c1NC(=O)c1ccc(SC(C)C)cc1. The second kappa shape index (κ2) is 8.31. The van der Waals surface area contributed by atoms with E-state index in [1.807, 2.05) is 18.2 Å². The average molecular weight is 383 g/mol. The van der Waals surface area contributed by atoms with Crippen LogP contribution in [0.4, 0.5) is 5.69 Å². The van der Waals surface area contributed by atoms with Gasteiger partial charge in [0.15, 0.2) is 0 Å². The quantitative estimate of drug-likeness (QED) is 0.458. The zero-order valence-corrected chi connectivity index (χ0v) is 16.3. The Morgan fingerprint density at radius 3 is 2.48 bits per heavy atom. The molecule has 0 atom stereocenters. The van der Waals surface area contributed by atoms with Crippen LogP contribution in [-0.4, -0.2) is 23.7 Å². The van der Waals surface area contributed by atoms with Crippen LogP contribution in [0, 0.1) is 0 Å². The Morgan fingerprint density at radius 2 is 1.81 bits per heavy atom. The van der Waals surface area contributed by atoms with Crippen molar-refractivity contribution in [2.24, 2.45) is 0 Å². The summed E-state index contributed by atoms with van der Waals surface area (Å²) in [5, 5.41) is 3.93. The van der Waals surface area contributed by atoms with Crippen molar-refractivity contribution in [1.29, 1.82) is 0 Å². The highest BCUT2D eigenvalue weighted by molar-refractivity contribution is 7.99. The van der Waals surface area contributed by atoms with Crippen molar-refractivity contribution in [3.05, 3.63) is 59.9 Å². The molecule has 0 radical (unpaired) electrons. The second-order valence-electron chi connectivity index (χ2n) is 6.17. The standard InChI is InChI=1S/C21H21NO4S/c1-4-25-21(24)19-18(16-7-5-6-8-17(16)26-19)22-20(23)14-9-11-15(12-10-14)27-13(2)3/h5-13H,4H2,1-3H3,(H,22,23). The van der Waals surface area contributed by atoms with Gasteiger partial charge in [-0.3, -0.25) is 4.79 Å². The molecule has 6 heteroatoms. The maximum absolute atomic E-state index is 12.7. The van der Waals surface area contributed by atoms with Gasteiger partial charge in [0.25, 0.3) is 5.91 Å². The maximum atomic E-state index is 12.7. The van der Waals surface area contributed by atoms with E-state index in [2.05, 4.69) is 19.2 Å². The van der Waals surface area contributed by atoms with Crippen molar-refractivity contribution in [3.8, 4) is 0 Å². The number of para-hydroxylation sites is 1. The first kappa shape index (κ1) is 19.0. The van der Waals surface area contributed by atoms with Crippen LogP contribution in [0.1, 0.15) is 41.7 Å². The molecule has 2 aromatic carbocycles. The van der Waals surface area contributed by atoms with Crippen molar-refractivity contribution >= 4 is 40.3 Å². The van der Waals surface area contributed by atoms with Gasteiger partial charge in [0.1, 0.15) is 11.3 Å². The third kappa shape index (κ3) is 4.34. The molecule has 0 aliphatic rings. The van der Waals surface area contributed by atoms with E-state index in [9.17, 15) is 9.59 Å². The highest BCUT2D eigenvalue weighted by Crippen LogP contribution is 2.32. The summed E-state index contributed by atoms with van der Waals surface area (Å²) >= 11 is 1.73. The summed E-state index contributed by atoms with van der Waals surface area (Å²) in [5.41, 5.74) is 1.34. The topological polar surface area (TPSA) is 68.5 Å². The molecule has 1 N–H and O–H groups in total. The molecule has 0 bridgehead atoms. The Kier molecular flexibility index (Phi) is 5.86. The molecule has 1 heterocycles. The lowest BCUT2D eigenvalue weighted by Crippen LogP contribution is -2.14. The minimum absolute atomic E-state index is 0.00150. The third-order valence-electron chi connectivity index (χ3n) is 3.78. The van der Waals surface area contributed by atoms with Gasteiger partial charge in [-0.2, -0.15) is 0 Å². The molecule has 3 aromatic rings. The molecule has 0 spiro atoms. The van der Waals surface area contributed by atoms with Gasteiger partial charge in [-0.05, 0) is 43.3 Å². The number of ether oxygens (including phenoxy) is 1. The van der Waals surface area contributed by atoms with Gasteiger partial charge in [0, 0.05) is 21.1 Å². The number of benzene rings is 2. The molecule has 0 unspecified atom stereocenters. The Hall–Kier alpha value is -2.73. The van der Waals surface area contributed by atoms with E-state index in [1.54, 1.807) is 49.0 Å². The highest BCUT2D eigenvalue weighted by atomic mass is 32.2. The Balaban J connectivity index is 1.90. The van der Waals surface area contributed by atoms with Crippen LogP contribution < -0.4 is 5.32 Å². The molecule has 0 aliphatic carbocycles. The van der Waals surface area contributed by atoms with E-state index >= 15 is 0 Å². The van der Waals surface area contributed by atoms with E-state index in [0.29, 0.717) is 27.5 Å². The zero-order valence-electron chi connectivity index (χ0n) is 15.4. The van der Waals surface area contributed by atoms with Crippen LogP contribution in [0.25, 0.3) is 11.0 Å². The summed E-state index contributed by atoms with van der Waals surface area (Å²) in [6.45, 7) is 6.17. The molecule has 140 valence electrons. The van der Waals surface area contributed by atoms with Gasteiger partial charge in [0.2, 0.25) is 5.76 Å². The van der Waals surface area contributed by atoms with Gasteiger partial charge >= 0.3 is 5.97 Å². The number of esters is 1. The van der Waals surface area contributed by atoms with Gasteiger partial charge < -0.3 is 14.5 Å². The second-order valence-corrected chi connectivity index (χ2v) is 7.82. The lowest BCUT2D eigenvalue weighted by Gasteiger charge is -2.08. The van der Waals surface area contributed by atoms with Crippen LogP contribution in [-0.2, 0) is 4.74 Å². The van der Waals surface area contributed by atoms with Crippen LogP contribution in [0.2, 0.25) is 0 Å². The van der Waals surface area contributed by atoms with Crippen LogP contribution in [0.3, 0.4) is 0 Å². The summed E-state index contributed by atoms with van der Waals surface area (Å²) < 4.78 is 10.7. The highest BCUT2D eigenvalue weighted by Gasteiger charge is 2.23. The summed E-state index contributed by atoms with van der Waals surface area (Å²) in [7, 11) is 0. The van der Waals surface area contributed by atoms with Crippen LogP contribution >= 0.6 is 11.8 Å². The number of nitrogens with one attached hydrogen (secondary N) is 1. The van der Waals surface area contributed by atoms with E-state index in [4.69, 9.17) is 9.15 Å². The number of amides is 1. The zero-order chi connectivity index (χ0) is 19.4. The number of carbonyl (C=O) groups excluding carboxylic acids is 2. The molecular weight excluding hydrogens is 362 g/mol. The van der Waals surface area contributed by atoms with Gasteiger partial charge in [-0.25, -0.2) is 4.79 Å². The Bertz CT molecular complexity index is 960. The summed E-state index contributed by atoms with van der Waals surface area (Å²) in [6.07, 6.45) is 0. The number of hydrogen-bond acceptors (Lipinski definition) is 5. The largest absolute Gasteiger partial charge is 0.460 e. The molecule has 0 saturated carbocycles. The van der Waals surface area contributed by atoms with Crippen molar-refractivity contribution in [1.82, 2.24) is 0 Å². The predicted octanol–water partition coefficient (Wildman–Crippen LogP) is 5.36. The first-order valence-electron chi connectivity index (χ1n) is 8.76.